The molecule has 0 aliphatic rings. The molecule has 3 aromatic carbocycles. The van der Waals surface area contributed by atoms with Gasteiger partial charge in [-0.1, -0.05) is 17.7 Å². The Hall–Kier alpha value is -3.70. The van der Waals surface area contributed by atoms with Gasteiger partial charge in [0.2, 0.25) is 0 Å². The van der Waals surface area contributed by atoms with Crippen molar-refractivity contribution in [2.75, 3.05) is 17.1 Å². The van der Waals surface area contributed by atoms with Crippen molar-refractivity contribution in [1.82, 2.24) is 0 Å². The van der Waals surface area contributed by atoms with Gasteiger partial charge in [0.15, 0.2) is 0 Å². The number of hydrogen-bond acceptors (Lipinski definition) is 6. The zero-order chi connectivity index (χ0) is 23.5. The van der Waals surface area contributed by atoms with Crippen LogP contribution in [0.4, 0.5) is 21.5 Å². The molecule has 0 bridgehead atoms. The van der Waals surface area contributed by atoms with Gasteiger partial charge in [-0.25, -0.2) is 12.8 Å². The number of nitrogens with one attached hydrogen (secondary N) is 2. The van der Waals surface area contributed by atoms with Gasteiger partial charge >= 0.3 is 0 Å². The lowest BCUT2D eigenvalue weighted by Crippen LogP contribution is -2.16. The van der Waals surface area contributed by atoms with Crippen LogP contribution in [0.3, 0.4) is 0 Å². The standard InChI is InChI=1S/C20H15ClFN3O6S/c1-31-19-8-6-14(25(27)28)11-18(19)24-32(29,30)15-4-2-3-12(9-15)20(26)23-13-5-7-17(22)16(21)10-13/h2-11,24H,1H3,(H,23,26). The van der Waals surface area contributed by atoms with Crippen molar-refractivity contribution >= 4 is 44.6 Å². The highest BCUT2D eigenvalue weighted by Gasteiger charge is 2.20. The molecule has 0 aliphatic heterocycles. The second-order valence-corrected chi connectivity index (χ2v) is 8.45. The molecular weight excluding hydrogens is 465 g/mol. The van der Waals surface area contributed by atoms with Crippen molar-refractivity contribution < 1.29 is 27.3 Å². The number of ether oxygens (including phenoxy) is 1. The maximum absolute atomic E-state index is 13.3. The van der Waals surface area contributed by atoms with E-state index in [2.05, 4.69) is 10.0 Å². The Labute approximate surface area is 187 Å². The van der Waals surface area contributed by atoms with Crippen LogP contribution in [0.2, 0.25) is 5.02 Å². The van der Waals surface area contributed by atoms with Crippen LogP contribution in [0.15, 0.2) is 65.6 Å². The zero-order valence-corrected chi connectivity index (χ0v) is 17.9. The first-order valence-corrected chi connectivity index (χ1v) is 10.7. The predicted octanol–water partition coefficient (Wildman–Crippen LogP) is 4.45. The molecule has 0 aliphatic carbocycles. The number of benzene rings is 3. The number of anilines is 2. The van der Waals surface area contributed by atoms with Gasteiger partial charge < -0.3 is 10.1 Å². The number of nitro benzene ring substituents is 1. The minimum atomic E-state index is -4.23. The smallest absolute Gasteiger partial charge is 0.271 e. The number of hydrogen-bond donors (Lipinski definition) is 2. The molecule has 0 radical (unpaired) electrons. The number of nitrogens with zero attached hydrogens (tertiary/aromatic N) is 1. The van der Waals surface area contributed by atoms with Crippen LogP contribution in [-0.4, -0.2) is 26.4 Å². The third kappa shape index (κ3) is 5.13. The summed E-state index contributed by atoms with van der Waals surface area (Å²) in [5, 5.41) is 13.3. The van der Waals surface area contributed by atoms with Gasteiger partial charge in [0.1, 0.15) is 11.6 Å². The van der Waals surface area contributed by atoms with E-state index < -0.39 is 26.7 Å². The number of nitro groups is 1. The van der Waals surface area contributed by atoms with E-state index in [0.717, 1.165) is 18.2 Å². The SMILES string of the molecule is COc1ccc([N+](=O)[O-])cc1NS(=O)(=O)c1cccc(C(=O)Nc2ccc(F)c(Cl)c2)c1. The quantitative estimate of drug-likeness (QED) is 0.380. The Bertz CT molecular complexity index is 1320. The van der Waals surface area contributed by atoms with E-state index in [1.54, 1.807) is 0 Å². The van der Waals surface area contributed by atoms with Gasteiger partial charge in [-0.2, -0.15) is 0 Å². The van der Waals surface area contributed by atoms with Crippen LogP contribution in [-0.2, 0) is 10.0 Å². The van der Waals surface area contributed by atoms with E-state index in [9.17, 15) is 27.7 Å². The van der Waals surface area contributed by atoms with Crippen molar-refractivity contribution in [2.24, 2.45) is 0 Å². The molecule has 0 atom stereocenters. The number of carbonyl (C=O) groups excluding carboxylic acids is 1. The third-order valence-corrected chi connectivity index (χ3v) is 5.88. The molecule has 9 nitrogen and oxygen atoms in total. The molecule has 0 fully saturated rings. The van der Waals surface area contributed by atoms with E-state index in [0.29, 0.717) is 0 Å². The largest absolute Gasteiger partial charge is 0.495 e. The first kappa shape index (κ1) is 23.0. The lowest BCUT2D eigenvalue weighted by molar-refractivity contribution is -0.384. The summed E-state index contributed by atoms with van der Waals surface area (Å²) in [6, 6.07) is 12.1. The zero-order valence-electron chi connectivity index (χ0n) is 16.3. The van der Waals surface area contributed by atoms with Crippen LogP contribution in [0.25, 0.3) is 0 Å². The lowest BCUT2D eigenvalue weighted by Gasteiger charge is -2.12. The molecule has 3 aromatic rings. The number of halogens is 2. The molecule has 0 spiro atoms. The summed E-state index contributed by atoms with van der Waals surface area (Å²) in [6.45, 7) is 0. The monoisotopic (exact) mass is 479 g/mol. The van der Waals surface area contributed by atoms with Gasteiger partial charge in [0, 0.05) is 23.4 Å². The van der Waals surface area contributed by atoms with E-state index in [1.807, 2.05) is 0 Å². The fraction of sp³-hybridized carbons (Fsp3) is 0.0500. The van der Waals surface area contributed by atoms with Crippen molar-refractivity contribution in [1.29, 1.82) is 0 Å². The lowest BCUT2D eigenvalue weighted by atomic mass is 10.2. The van der Waals surface area contributed by atoms with Crippen molar-refractivity contribution in [2.45, 2.75) is 4.90 Å². The van der Waals surface area contributed by atoms with Gasteiger partial charge in [-0.05, 0) is 42.5 Å². The summed E-state index contributed by atoms with van der Waals surface area (Å²) >= 11 is 5.69. The minimum Gasteiger partial charge on any atom is -0.495 e. The highest BCUT2D eigenvalue weighted by Crippen LogP contribution is 2.31. The summed E-state index contributed by atoms with van der Waals surface area (Å²) in [5.74, 6) is -1.24. The van der Waals surface area contributed by atoms with E-state index in [4.69, 9.17) is 16.3 Å². The Balaban J connectivity index is 1.88. The molecule has 2 N–H and O–H groups in total. The molecule has 0 unspecified atom stereocenters. The number of methoxy groups -OCH3 is 1. The van der Waals surface area contributed by atoms with Crippen molar-refractivity contribution in [3.8, 4) is 5.75 Å². The first-order valence-electron chi connectivity index (χ1n) is 8.82. The maximum Gasteiger partial charge on any atom is 0.271 e. The third-order valence-electron chi connectivity index (χ3n) is 4.22. The number of rotatable bonds is 7. The molecule has 3 rings (SSSR count). The normalized spacial score (nSPS) is 11.0. The summed E-state index contributed by atoms with van der Waals surface area (Å²) in [7, 11) is -2.95. The molecule has 0 saturated carbocycles. The first-order chi connectivity index (χ1) is 15.1. The Kier molecular flexibility index (Phi) is 6.61. The summed E-state index contributed by atoms with van der Waals surface area (Å²) in [4.78, 5) is 22.6. The Morgan fingerprint density at radius 2 is 1.88 bits per heavy atom. The van der Waals surface area contributed by atoms with Crippen molar-refractivity contribution in [3.63, 3.8) is 0 Å². The average molecular weight is 480 g/mol. The van der Waals surface area contributed by atoms with Crippen LogP contribution < -0.4 is 14.8 Å². The number of carbonyl (C=O) groups is 1. The molecule has 166 valence electrons. The van der Waals surface area contributed by atoms with Gasteiger partial charge in [0.25, 0.3) is 21.6 Å². The van der Waals surface area contributed by atoms with Crippen LogP contribution >= 0.6 is 11.6 Å². The predicted molar refractivity (Wildman–Crippen MR) is 116 cm³/mol. The molecule has 32 heavy (non-hydrogen) atoms. The average Bonchev–Trinajstić information content (AvgIpc) is 2.76. The molecular formula is C20H15ClFN3O6S. The second-order valence-electron chi connectivity index (χ2n) is 6.36. The number of amides is 1. The number of non-ortho nitro benzene ring substituents is 1. The van der Waals surface area contributed by atoms with E-state index >= 15 is 0 Å². The highest BCUT2D eigenvalue weighted by molar-refractivity contribution is 7.92. The molecule has 0 aromatic heterocycles. The highest BCUT2D eigenvalue weighted by atomic mass is 35.5. The fourth-order valence-electron chi connectivity index (χ4n) is 2.67. The Morgan fingerprint density at radius 1 is 1.12 bits per heavy atom. The van der Waals surface area contributed by atoms with Crippen LogP contribution in [0.5, 0.6) is 5.75 Å². The maximum atomic E-state index is 13.3. The van der Waals surface area contributed by atoms with Gasteiger partial charge in [-0.15, -0.1) is 0 Å². The van der Waals surface area contributed by atoms with Crippen molar-refractivity contribution in [3.05, 3.63) is 87.2 Å². The number of sulfonamides is 1. The van der Waals surface area contributed by atoms with Gasteiger partial charge in [0.05, 0.1) is 27.6 Å². The van der Waals surface area contributed by atoms with Crippen LogP contribution in [0.1, 0.15) is 10.4 Å². The summed E-state index contributed by atoms with van der Waals surface area (Å²) in [5.41, 5.74) is -0.263. The summed E-state index contributed by atoms with van der Waals surface area (Å²) in [6.07, 6.45) is 0. The van der Waals surface area contributed by atoms with E-state index in [-0.39, 0.29) is 38.3 Å². The minimum absolute atomic E-state index is 0.000621. The topological polar surface area (TPSA) is 128 Å². The van der Waals surface area contributed by atoms with Crippen LogP contribution in [0, 0.1) is 15.9 Å². The second kappa shape index (κ2) is 9.20. The molecule has 0 saturated heterocycles. The Morgan fingerprint density at radius 3 is 2.53 bits per heavy atom. The van der Waals surface area contributed by atoms with Gasteiger partial charge in [-0.3, -0.25) is 19.6 Å². The fourth-order valence-corrected chi connectivity index (χ4v) is 3.96. The molecule has 0 heterocycles. The summed E-state index contributed by atoms with van der Waals surface area (Å²) < 4.78 is 46.2. The van der Waals surface area contributed by atoms with E-state index in [1.165, 1.54) is 49.6 Å². The molecule has 1 amide bonds. The molecule has 12 heteroatoms.